The molecule has 2 saturated carbocycles. The highest BCUT2D eigenvalue weighted by Gasteiger charge is 2.59. The Morgan fingerprint density at radius 2 is 2.08 bits per heavy atom. The largest absolute Gasteiger partial charge is 0.509 e. The molecular formula is C10H14O3. The molecule has 3 heteroatoms. The molecule has 72 valence electrons. The van der Waals surface area contributed by atoms with Crippen LogP contribution in [0, 0.1) is 17.8 Å². The Morgan fingerprint density at radius 1 is 1.31 bits per heavy atom. The Morgan fingerprint density at radius 3 is 2.85 bits per heavy atom. The van der Waals surface area contributed by atoms with Crippen molar-refractivity contribution < 1.29 is 14.3 Å². The van der Waals surface area contributed by atoms with Crippen molar-refractivity contribution in [1.29, 1.82) is 0 Å². The second-order valence-corrected chi connectivity index (χ2v) is 4.48. The molecule has 5 unspecified atom stereocenters. The van der Waals surface area contributed by atoms with E-state index in [1.807, 2.05) is 0 Å². The number of fused-ring (bicyclic) bond motifs is 5. The minimum atomic E-state index is -0.443. The fourth-order valence-corrected chi connectivity index (χ4v) is 3.42. The van der Waals surface area contributed by atoms with Crippen molar-refractivity contribution in [1.82, 2.24) is 0 Å². The van der Waals surface area contributed by atoms with Gasteiger partial charge in [0.05, 0.1) is 0 Å². The van der Waals surface area contributed by atoms with Gasteiger partial charge in [0.2, 0.25) is 0 Å². The molecule has 2 bridgehead atoms. The zero-order valence-electron chi connectivity index (χ0n) is 7.73. The number of hydrogen-bond donors (Lipinski definition) is 0. The van der Waals surface area contributed by atoms with E-state index in [1.54, 1.807) is 0 Å². The van der Waals surface area contributed by atoms with Gasteiger partial charge in [-0.05, 0) is 18.8 Å². The summed E-state index contributed by atoms with van der Waals surface area (Å²) in [5, 5.41) is 0. The SMILES string of the molecule is CCC1CC2CC1C1OC(=O)OC21. The molecule has 1 aliphatic heterocycles. The third-order valence-electron chi connectivity index (χ3n) is 3.99. The van der Waals surface area contributed by atoms with Crippen LogP contribution < -0.4 is 0 Å². The number of hydrogen-bond acceptors (Lipinski definition) is 3. The molecule has 0 aromatic rings. The van der Waals surface area contributed by atoms with Gasteiger partial charge in [0.15, 0.2) is 0 Å². The summed E-state index contributed by atoms with van der Waals surface area (Å²) in [5.41, 5.74) is 0. The lowest BCUT2D eigenvalue weighted by Crippen LogP contribution is -2.34. The van der Waals surface area contributed by atoms with Crippen LogP contribution in [0.1, 0.15) is 26.2 Å². The van der Waals surface area contributed by atoms with E-state index in [2.05, 4.69) is 6.92 Å². The van der Waals surface area contributed by atoms with Gasteiger partial charge in [-0.15, -0.1) is 0 Å². The summed E-state index contributed by atoms with van der Waals surface area (Å²) in [6.45, 7) is 2.22. The van der Waals surface area contributed by atoms with Crippen molar-refractivity contribution in [3.05, 3.63) is 0 Å². The van der Waals surface area contributed by atoms with E-state index < -0.39 is 6.16 Å². The summed E-state index contributed by atoms with van der Waals surface area (Å²) in [7, 11) is 0. The fraction of sp³-hybridized carbons (Fsp3) is 0.900. The van der Waals surface area contributed by atoms with Crippen LogP contribution in [0.2, 0.25) is 0 Å². The van der Waals surface area contributed by atoms with E-state index in [0.717, 1.165) is 5.92 Å². The van der Waals surface area contributed by atoms with Crippen LogP contribution in [0.25, 0.3) is 0 Å². The van der Waals surface area contributed by atoms with Crippen LogP contribution in [-0.2, 0) is 9.47 Å². The lowest BCUT2D eigenvalue weighted by molar-refractivity contribution is 0.0680. The van der Waals surface area contributed by atoms with E-state index in [-0.39, 0.29) is 12.2 Å². The van der Waals surface area contributed by atoms with Gasteiger partial charge in [-0.3, -0.25) is 0 Å². The topological polar surface area (TPSA) is 35.5 Å². The van der Waals surface area contributed by atoms with Gasteiger partial charge in [0.25, 0.3) is 0 Å². The van der Waals surface area contributed by atoms with E-state index >= 15 is 0 Å². The van der Waals surface area contributed by atoms with E-state index in [4.69, 9.17) is 9.47 Å². The highest BCUT2D eigenvalue weighted by Crippen LogP contribution is 2.53. The standard InChI is InChI=1S/C10H14O3/c1-2-5-3-6-4-7(5)9-8(6)12-10(11)13-9/h5-9H,2-4H2,1H3. The summed E-state index contributed by atoms with van der Waals surface area (Å²) >= 11 is 0. The molecule has 13 heavy (non-hydrogen) atoms. The van der Waals surface area contributed by atoms with Gasteiger partial charge in [-0.1, -0.05) is 13.3 Å². The van der Waals surface area contributed by atoms with Gasteiger partial charge >= 0.3 is 6.16 Å². The van der Waals surface area contributed by atoms with Crippen LogP contribution >= 0.6 is 0 Å². The minimum Gasteiger partial charge on any atom is -0.427 e. The molecule has 2 aliphatic carbocycles. The molecule has 1 saturated heterocycles. The first-order valence-electron chi connectivity index (χ1n) is 5.17. The predicted molar refractivity (Wildman–Crippen MR) is 45.1 cm³/mol. The fourth-order valence-electron chi connectivity index (χ4n) is 3.42. The quantitative estimate of drug-likeness (QED) is 0.581. The molecule has 3 nitrogen and oxygen atoms in total. The lowest BCUT2D eigenvalue weighted by atomic mass is 9.84. The summed E-state index contributed by atoms with van der Waals surface area (Å²) < 4.78 is 10.3. The molecule has 0 radical (unpaired) electrons. The molecule has 3 aliphatic rings. The third-order valence-corrected chi connectivity index (χ3v) is 3.99. The highest BCUT2D eigenvalue weighted by atomic mass is 16.8. The molecule has 0 aromatic heterocycles. The monoisotopic (exact) mass is 182 g/mol. The van der Waals surface area contributed by atoms with Gasteiger partial charge in [0, 0.05) is 11.8 Å². The Bertz CT molecular complexity index is 249. The summed E-state index contributed by atoms with van der Waals surface area (Å²) in [6.07, 6.45) is 3.40. The van der Waals surface area contributed by atoms with Crippen molar-refractivity contribution in [2.24, 2.45) is 17.8 Å². The zero-order chi connectivity index (χ0) is 9.00. The average molecular weight is 182 g/mol. The van der Waals surface area contributed by atoms with E-state index in [1.165, 1.54) is 19.3 Å². The number of carbonyl (C=O) groups excluding carboxylic acids is 1. The zero-order valence-corrected chi connectivity index (χ0v) is 7.73. The summed E-state index contributed by atoms with van der Waals surface area (Å²) in [5.74, 6) is 1.94. The molecular weight excluding hydrogens is 168 g/mol. The predicted octanol–water partition coefficient (Wildman–Crippen LogP) is 1.96. The Kier molecular flexibility index (Phi) is 1.41. The number of carbonyl (C=O) groups is 1. The van der Waals surface area contributed by atoms with E-state index in [0.29, 0.717) is 11.8 Å². The van der Waals surface area contributed by atoms with Crippen LogP contribution in [0.5, 0.6) is 0 Å². The Balaban J connectivity index is 1.84. The minimum absolute atomic E-state index is 0.0937. The molecule has 0 spiro atoms. The van der Waals surface area contributed by atoms with Crippen molar-refractivity contribution in [3.63, 3.8) is 0 Å². The first kappa shape index (κ1) is 7.65. The first-order valence-corrected chi connectivity index (χ1v) is 5.17. The molecule has 1 heterocycles. The summed E-state index contributed by atoms with van der Waals surface area (Å²) in [6, 6.07) is 0. The van der Waals surface area contributed by atoms with Crippen molar-refractivity contribution in [2.45, 2.75) is 38.4 Å². The van der Waals surface area contributed by atoms with Crippen LogP contribution in [-0.4, -0.2) is 18.4 Å². The van der Waals surface area contributed by atoms with Crippen molar-refractivity contribution in [3.8, 4) is 0 Å². The Hall–Kier alpha value is -0.730. The second kappa shape index (κ2) is 2.40. The van der Waals surface area contributed by atoms with Gasteiger partial charge in [0.1, 0.15) is 12.2 Å². The van der Waals surface area contributed by atoms with Crippen LogP contribution in [0.15, 0.2) is 0 Å². The number of ether oxygens (including phenoxy) is 2. The maximum Gasteiger partial charge on any atom is 0.509 e. The Labute approximate surface area is 77.4 Å². The van der Waals surface area contributed by atoms with Gasteiger partial charge in [-0.2, -0.15) is 0 Å². The smallest absolute Gasteiger partial charge is 0.427 e. The van der Waals surface area contributed by atoms with Crippen LogP contribution in [0.3, 0.4) is 0 Å². The van der Waals surface area contributed by atoms with E-state index in [9.17, 15) is 4.79 Å². The first-order chi connectivity index (χ1) is 6.29. The average Bonchev–Trinajstić information content (AvgIpc) is 2.71. The number of rotatable bonds is 1. The maximum atomic E-state index is 10.9. The molecule has 0 aromatic carbocycles. The molecule has 3 fully saturated rings. The van der Waals surface area contributed by atoms with Crippen LogP contribution in [0.4, 0.5) is 4.79 Å². The third kappa shape index (κ3) is 0.875. The van der Waals surface area contributed by atoms with Gasteiger partial charge in [-0.25, -0.2) is 4.79 Å². The van der Waals surface area contributed by atoms with Crippen molar-refractivity contribution >= 4 is 6.16 Å². The lowest BCUT2D eigenvalue weighted by Gasteiger charge is -2.26. The maximum absolute atomic E-state index is 10.9. The second-order valence-electron chi connectivity index (χ2n) is 4.48. The molecule has 0 N–H and O–H groups in total. The molecule has 5 atom stereocenters. The summed E-state index contributed by atoms with van der Waals surface area (Å²) in [4.78, 5) is 10.9. The highest BCUT2D eigenvalue weighted by molar-refractivity contribution is 5.63. The molecule has 0 amide bonds. The van der Waals surface area contributed by atoms with Crippen molar-refractivity contribution in [2.75, 3.05) is 0 Å². The normalized spacial score (nSPS) is 51.8. The van der Waals surface area contributed by atoms with Gasteiger partial charge < -0.3 is 9.47 Å². The molecule has 3 rings (SSSR count).